The molecular formula is C31H43N5O8S. The minimum Gasteiger partial charge on any atom is -0.444 e. The van der Waals surface area contributed by atoms with Crippen LogP contribution in [0.5, 0.6) is 0 Å². The predicted molar refractivity (Wildman–Crippen MR) is 166 cm³/mol. The van der Waals surface area contributed by atoms with Gasteiger partial charge in [-0.15, -0.1) is 0 Å². The molecule has 3 N–H and O–H groups in total. The lowest BCUT2D eigenvalue weighted by Crippen LogP contribution is -2.55. The topological polar surface area (TPSA) is 163 Å². The van der Waals surface area contributed by atoms with Crippen LogP contribution in [-0.2, 0) is 29.2 Å². The first-order valence-corrected chi connectivity index (χ1v) is 16.6. The van der Waals surface area contributed by atoms with E-state index in [0.29, 0.717) is 18.5 Å². The van der Waals surface area contributed by atoms with Gasteiger partial charge < -0.3 is 15.0 Å². The fourth-order valence-corrected chi connectivity index (χ4v) is 6.40. The highest BCUT2D eigenvalue weighted by atomic mass is 32.2. The monoisotopic (exact) mass is 645 g/mol. The molecule has 1 aliphatic heterocycles. The largest absolute Gasteiger partial charge is 0.444 e. The fraction of sp³-hybridized carbons (Fsp3) is 0.548. The van der Waals surface area contributed by atoms with Gasteiger partial charge in [-0.3, -0.25) is 19.3 Å². The highest BCUT2D eigenvalue weighted by molar-refractivity contribution is 7.89. The molecule has 0 bridgehead atoms. The highest BCUT2D eigenvalue weighted by Crippen LogP contribution is 2.30. The van der Waals surface area contributed by atoms with Gasteiger partial charge in [0, 0.05) is 26.2 Å². The smallest absolute Gasteiger partial charge is 0.410 e. The van der Waals surface area contributed by atoms with Crippen molar-refractivity contribution in [1.82, 2.24) is 25.3 Å². The molecule has 0 aromatic heterocycles. The van der Waals surface area contributed by atoms with Gasteiger partial charge in [-0.1, -0.05) is 30.3 Å². The molecular weight excluding hydrogens is 602 g/mol. The maximum absolute atomic E-state index is 13.8. The number of ether oxygens (including phenoxy) is 1. The molecule has 1 saturated heterocycles. The number of carbonyl (C=O) groups excluding carboxylic acids is 4. The number of amides is 5. The minimum absolute atomic E-state index is 0.0579. The molecule has 2 aromatic rings. The maximum atomic E-state index is 13.8. The summed E-state index contributed by atoms with van der Waals surface area (Å²) in [6, 6.07) is 9.37. The van der Waals surface area contributed by atoms with Crippen molar-refractivity contribution < 1.29 is 37.2 Å². The Morgan fingerprint density at radius 1 is 1.02 bits per heavy atom. The molecule has 2 aromatic carbocycles. The molecule has 4 rings (SSSR count). The standard InChI is InChI=1S/C31H43N5O8S/c1-31(2,3)44-30(40)35-15-7-8-22(19-35)18-32-27(37)17-26(28(38)36(20-21-11-12-21)29(39)33-43-4)34-45(41,42)25-14-13-23-9-5-6-10-24(23)16-25/h5-6,9-10,13-14,16,21-22,26,34H,7-8,11-12,15,17-20H2,1-4H3,(H,32,37)(H,33,39)/t22-,26-/m0/s1. The SMILES string of the molecule is CONC(=O)N(CC1CC1)C(=O)[C@H](CC(=O)NC[C@@H]1CCCN(C(=O)OC(C)(C)C)C1)NS(=O)(=O)c1ccc2ccccc2c1. The van der Waals surface area contributed by atoms with Crippen molar-refractivity contribution in [3.8, 4) is 0 Å². The van der Waals surface area contributed by atoms with Gasteiger partial charge in [-0.2, -0.15) is 4.72 Å². The lowest BCUT2D eigenvalue weighted by Gasteiger charge is -2.34. The van der Waals surface area contributed by atoms with Crippen LogP contribution in [0.15, 0.2) is 47.4 Å². The number of piperidine rings is 1. The van der Waals surface area contributed by atoms with Crippen molar-refractivity contribution in [3.05, 3.63) is 42.5 Å². The Morgan fingerprint density at radius 2 is 1.73 bits per heavy atom. The summed E-state index contributed by atoms with van der Waals surface area (Å²) in [7, 11) is -3.07. The van der Waals surface area contributed by atoms with Gasteiger partial charge in [0.15, 0.2) is 0 Å². The third-order valence-corrected chi connectivity index (χ3v) is 9.08. The van der Waals surface area contributed by atoms with E-state index in [4.69, 9.17) is 9.57 Å². The third kappa shape index (κ3) is 9.87. The second-order valence-corrected chi connectivity index (χ2v) is 14.3. The number of hydroxylamine groups is 1. The average molecular weight is 646 g/mol. The van der Waals surface area contributed by atoms with Crippen molar-refractivity contribution in [2.24, 2.45) is 11.8 Å². The number of hydrogen-bond acceptors (Lipinski definition) is 8. The van der Waals surface area contributed by atoms with E-state index in [1.807, 2.05) is 12.1 Å². The van der Waals surface area contributed by atoms with E-state index in [2.05, 4.69) is 15.5 Å². The first-order valence-electron chi connectivity index (χ1n) is 15.2. The van der Waals surface area contributed by atoms with Crippen LogP contribution in [0.1, 0.15) is 52.9 Å². The second-order valence-electron chi connectivity index (χ2n) is 12.6. The number of fused-ring (bicyclic) bond motifs is 1. The highest BCUT2D eigenvalue weighted by Gasteiger charge is 2.37. The molecule has 1 heterocycles. The molecule has 0 spiro atoms. The summed E-state index contributed by atoms with van der Waals surface area (Å²) >= 11 is 0. The zero-order chi connectivity index (χ0) is 32.8. The quantitative estimate of drug-likeness (QED) is 0.314. The van der Waals surface area contributed by atoms with E-state index in [0.717, 1.165) is 36.0 Å². The van der Waals surface area contributed by atoms with E-state index in [1.54, 1.807) is 43.9 Å². The summed E-state index contributed by atoms with van der Waals surface area (Å²) < 4.78 is 34.9. The number of carbonyl (C=O) groups is 4. The summed E-state index contributed by atoms with van der Waals surface area (Å²) in [5.74, 6) is -1.42. The Labute approximate surface area is 264 Å². The molecule has 246 valence electrons. The average Bonchev–Trinajstić information content (AvgIpc) is 3.81. The molecule has 1 saturated carbocycles. The Morgan fingerprint density at radius 3 is 2.40 bits per heavy atom. The molecule has 5 amide bonds. The van der Waals surface area contributed by atoms with Crippen molar-refractivity contribution in [2.75, 3.05) is 33.3 Å². The van der Waals surface area contributed by atoms with Crippen LogP contribution in [0.3, 0.4) is 0 Å². The second kappa shape index (κ2) is 14.6. The van der Waals surface area contributed by atoms with Gasteiger partial charge in [-0.05, 0) is 81.2 Å². The van der Waals surface area contributed by atoms with E-state index in [-0.39, 0.29) is 29.8 Å². The molecule has 0 unspecified atom stereocenters. The lowest BCUT2D eigenvalue weighted by molar-refractivity contribution is -0.133. The lowest BCUT2D eigenvalue weighted by atomic mass is 9.98. The molecule has 1 aliphatic carbocycles. The molecule has 13 nitrogen and oxygen atoms in total. The minimum atomic E-state index is -4.29. The molecule has 45 heavy (non-hydrogen) atoms. The Kier molecular flexibility index (Phi) is 11.0. The zero-order valence-corrected chi connectivity index (χ0v) is 27.0. The van der Waals surface area contributed by atoms with Crippen molar-refractivity contribution in [2.45, 2.75) is 69.4 Å². The molecule has 14 heteroatoms. The molecule has 2 atom stereocenters. The summed E-state index contributed by atoms with van der Waals surface area (Å²) in [4.78, 5) is 59.4. The van der Waals surface area contributed by atoms with Gasteiger partial charge in [0.25, 0.3) is 0 Å². The van der Waals surface area contributed by atoms with Gasteiger partial charge in [0.1, 0.15) is 11.6 Å². The number of urea groups is 1. The zero-order valence-electron chi connectivity index (χ0n) is 26.2. The number of imide groups is 1. The summed E-state index contributed by atoms with van der Waals surface area (Å²) in [6.45, 7) is 6.60. The van der Waals surface area contributed by atoms with Crippen molar-refractivity contribution in [3.63, 3.8) is 0 Å². The van der Waals surface area contributed by atoms with E-state index in [9.17, 15) is 27.6 Å². The van der Waals surface area contributed by atoms with Crippen LogP contribution >= 0.6 is 0 Å². The van der Waals surface area contributed by atoms with Crippen LogP contribution in [0.4, 0.5) is 9.59 Å². The Hall–Kier alpha value is -3.75. The number of sulfonamides is 1. The Balaban J connectivity index is 1.49. The number of rotatable bonds is 11. The Bertz CT molecular complexity index is 1500. The van der Waals surface area contributed by atoms with E-state index in [1.165, 1.54) is 19.2 Å². The molecule has 0 radical (unpaired) electrons. The van der Waals surface area contributed by atoms with Crippen LogP contribution in [-0.4, -0.2) is 87.1 Å². The number of nitrogens with one attached hydrogen (secondary N) is 3. The first-order chi connectivity index (χ1) is 21.3. The van der Waals surface area contributed by atoms with Crippen LogP contribution in [0.25, 0.3) is 10.8 Å². The summed E-state index contributed by atoms with van der Waals surface area (Å²) in [6.07, 6.45) is 2.17. The number of benzene rings is 2. The number of likely N-dealkylation sites (tertiary alicyclic amines) is 1. The van der Waals surface area contributed by atoms with Crippen LogP contribution in [0, 0.1) is 11.8 Å². The van der Waals surface area contributed by atoms with Crippen LogP contribution in [0.2, 0.25) is 0 Å². The third-order valence-electron chi connectivity index (χ3n) is 7.61. The van der Waals surface area contributed by atoms with Gasteiger partial charge >= 0.3 is 12.1 Å². The summed E-state index contributed by atoms with van der Waals surface area (Å²) in [5.41, 5.74) is 1.49. The molecule has 2 fully saturated rings. The van der Waals surface area contributed by atoms with Crippen molar-refractivity contribution in [1.29, 1.82) is 0 Å². The summed E-state index contributed by atoms with van der Waals surface area (Å²) in [5, 5.41) is 4.31. The van der Waals surface area contributed by atoms with E-state index >= 15 is 0 Å². The maximum Gasteiger partial charge on any atom is 0.410 e. The van der Waals surface area contributed by atoms with Crippen molar-refractivity contribution >= 4 is 44.7 Å². The normalized spacial score (nSPS) is 17.8. The number of hydrogen-bond donors (Lipinski definition) is 3. The first kappa shape index (κ1) is 34.1. The molecule has 2 aliphatic rings. The van der Waals surface area contributed by atoms with Crippen LogP contribution < -0.4 is 15.5 Å². The van der Waals surface area contributed by atoms with Gasteiger partial charge in [0.2, 0.25) is 21.8 Å². The number of nitrogens with zero attached hydrogens (tertiary/aromatic N) is 2. The van der Waals surface area contributed by atoms with Gasteiger partial charge in [-0.25, -0.2) is 23.5 Å². The predicted octanol–water partition coefficient (Wildman–Crippen LogP) is 3.15. The fourth-order valence-electron chi connectivity index (χ4n) is 5.17. The van der Waals surface area contributed by atoms with Gasteiger partial charge in [0.05, 0.1) is 18.4 Å². The van der Waals surface area contributed by atoms with E-state index < -0.39 is 52.0 Å².